The predicted octanol–water partition coefficient (Wildman–Crippen LogP) is 2.49. The topological polar surface area (TPSA) is 75.6 Å². The van der Waals surface area contributed by atoms with Gasteiger partial charge in [0.05, 0.1) is 0 Å². The van der Waals surface area contributed by atoms with Gasteiger partial charge in [0.2, 0.25) is 5.95 Å². The molecule has 0 radical (unpaired) electrons. The summed E-state index contributed by atoms with van der Waals surface area (Å²) < 4.78 is 0. The first kappa shape index (κ1) is 13.9. The molecule has 0 atom stereocenters. The van der Waals surface area contributed by atoms with E-state index in [1.165, 1.54) is 11.1 Å². The van der Waals surface area contributed by atoms with Crippen molar-refractivity contribution in [3.8, 4) is 0 Å². The maximum atomic E-state index is 4.14. The zero-order chi connectivity index (χ0) is 15.0. The molecular formula is C16H16N6. The molecule has 110 valence electrons. The van der Waals surface area contributed by atoms with Gasteiger partial charge < -0.3 is 10.6 Å². The van der Waals surface area contributed by atoms with Crippen LogP contribution in [0.3, 0.4) is 0 Å². The van der Waals surface area contributed by atoms with Gasteiger partial charge in [-0.15, -0.1) is 5.10 Å². The molecule has 3 aromatic rings. The van der Waals surface area contributed by atoms with E-state index >= 15 is 0 Å². The van der Waals surface area contributed by atoms with Crippen LogP contribution < -0.4 is 10.6 Å². The second-order valence-electron chi connectivity index (χ2n) is 4.71. The molecule has 0 fully saturated rings. The summed E-state index contributed by atoms with van der Waals surface area (Å²) in [6.07, 6.45) is 5.09. The zero-order valence-corrected chi connectivity index (χ0v) is 12.0. The molecule has 1 aromatic carbocycles. The van der Waals surface area contributed by atoms with Gasteiger partial charge in [0.15, 0.2) is 0 Å². The van der Waals surface area contributed by atoms with Crippen molar-refractivity contribution in [3.63, 3.8) is 0 Å². The van der Waals surface area contributed by atoms with Gasteiger partial charge in [-0.3, -0.25) is 0 Å². The molecule has 0 aliphatic carbocycles. The van der Waals surface area contributed by atoms with E-state index in [9.17, 15) is 0 Å². The van der Waals surface area contributed by atoms with Gasteiger partial charge in [-0.1, -0.05) is 24.3 Å². The number of nitrogens with one attached hydrogen (secondary N) is 2. The quantitative estimate of drug-likeness (QED) is 0.727. The molecule has 0 bridgehead atoms. The molecule has 0 saturated heterocycles. The van der Waals surface area contributed by atoms with Crippen LogP contribution in [0.5, 0.6) is 0 Å². The molecule has 0 unspecified atom stereocenters. The Balaban J connectivity index is 1.58. The summed E-state index contributed by atoms with van der Waals surface area (Å²) >= 11 is 0. The van der Waals surface area contributed by atoms with E-state index in [0.29, 0.717) is 19.0 Å². The van der Waals surface area contributed by atoms with Crippen LogP contribution in [0.2, 0.25) is 0 Å². The first-order valence-electron chi connectivity index (χ1n) is 7.00. The minimum absolute atomic E-state index is 0.630. The molecule has 0 spiro atoms. The molecule has 0 saturated carbocycles. The summed E-state index contributed by atoms with van der Waals surface area (Å²) in [7, 11) is 0. The van der Waals surface area contributed by atoms with Crippen molar-refractivity contribution in [3.05, 3.63) is 72.2 Å². The summed E-state index contributed by atoms with van der Waals surface area (Å²) in [5.41, 5.74) is 2.35. The van der Waals surface area contributed by atoms with E-state index in [4.69, 9.17) is 0 Å². The van der Waals surface area contributed by atoms with Gasteiger partial charge in [0, 0.05) is 31.7 Å². The maximum Gasteiger partial charge on any atom is 0.222 e. The molecule has 2 aromatic heterocycles. The normalized spacial score (nSPS) is 10.2. The summed E-state index contributed by atoms with van der Waals surface area (Å²) in [4.78, 5) is 8.28. The van der Waals surface area contributed by atoms with Crippen molar-refractivity contribution in [2.75, 3.05) is 10.6 Å². The standard InChI is InChI=1S/C16H16N6/c1-4-13(11-19-15-6-2-9-21-22-15)10-14(5-1)12-20-16-17-7-3-8-18-16/h1-10H,11-12H2,(H,19,22)(H,17,18,20). The van der Waals surface area contributed by atoms with E-state index in [1.807, 2.05) is 18.2 Å². The van der Waals surface area contributed by atoms with Crippen LogP contribution in [0.25, 0.3) is 0 Å². The molecule has 2 N–H and O–H groups in total. The molecule has 22 heavy (non-hydrogen) atoms. The third-order valence-electron chi connectivity index (χ3n) is 3.05. The Bertz CT molecular complexity index is 643. The smallest absolute Gasteiger partial charge is 0.222 e. The van der Waals surface area contributed by atoms with Crippen LogP contribution in [0, 0.1) is 0 Å². The first-order chi connectivity index (χ1) is 10.9. The van der Waals surface area contributed by atoms with Crippen molar-refractivity contribution in [2.45, 2.75) is 13.1 Å². The Hall–Kier alpha value is -3.02. The van der Waals surface area contributed by atoms with Gasteiger partial charge in [-0.2, -0.15) is 5.10 Å². The number of rotatable bonds is 6. The Morgan fingerprint density at radius 1 is 0.773 bits per heavy atom. The molecule has 3 rings (SSSR count). The predicted molar refractivity (Wildman–Crippen MR) is 85.2 cm³/mol. The largest absolute Gasteiger partial charge is 0.365 e. The lowest BCUT2D eigenvalue weighted by Gasteiger charge is -2.08. The van der Waals surface area contributed by atoms with Crippen LogP contribution in [-0.2, 0) is 13.1 Å². The lowest BCUT2D eigenvalue weighted by atomic mass is 10.1. The van der Waals surface area contributed by atoms with Crippen LogP contribution in [-0.4, -0.2) is 20.2 Å². The first-order valence-corrected chi connectivity index (χ1v) is 7.00. The van der Waals surface area contributed by atoms with Gasteiger partial charge >= 0.3 is 0 Å². The van der Waals surface area contributed by atoms with E-state index in [1.54, 1.807) is 24.7 Å². The third-order valence-corrected chi connectivity index (χ3v) is 3.05. The van der Waals surface area contributed by atoms with Crippen molar-refractivity contribution >= 4 is 11.8 Å². The fraction of sp³-hybridized carbons (Fsp3) is 0.125. The number of nitrogens with zero attached hydrogens (tertiary/aromatic N) is 4. The fourth-order valence-electron chi connectivity index (χ4n) is 2.01. The highest BCUT2D eigenvalue weighted by Crippen LogP contribution is 2.09. The van der Waals surface area contributed by atoms with Crippen LogP contribution >= 0.6 is 0 Å². The van der Waals surface area contributed by atoms with Crippen LogP contribution in [0.15, 0.2) is 61.1 Å². The van der Waals surface area contributed by atoms with Crippen molar-refractivity contribution in [1.29, 1.82) is 0 Å². The Labute approximate surface area is 128 Å². The van der Waals surface area contributed by atoms with E-state index in [0.717, 1.165) is 5.82 Å². The van der Waals surface area contributed by atoms with E-state index in [2.05, 4.69) is 49.0 Å². The number of hydrogen-bond donors (Lipinski definition) is 2. The number of hydrogen-bond acceptors (Lipinski definition) is 6. The van der Waals surface area contributed by atoms with E-state index < -0.39 is 0 Å². The lowest BCUT2D eigenvalue weighted by molar-refractivity contribution is 0.995. The highest BCUT2D eigenvalue weighted by Gasteiger charge is 1.99. The lowest BCUT2D eigenvalue weighted by Crippen LogP contribution is -2.05. The number of aromatic nitrogens is 4. The van der Waals surface area contributed by atoms with Gasteiger partial charge in [0.1, 0.15) is 5.82 Å². The summed E-state index contributed by atoms with van der Waals surface area (Å²) in [6, 6.07) is 13.9. The van der Waals surface area contributed by atoms with Gasteiger partial charge in [-0.05, 0) is 29.3 Å². The molecule has 2 heterocycles. The molecule has 0 aliphatic rings. The second-order valence-corrected chi connectivity index (χ2v) is 4.71. The molecule has 6 nitrogen and oxygen atoms in total. The molecule has 6 heteroatoms. The van der Waals surface area contributed by atoms with Crippen molar-refractivity contribution in [1.82, 2.24) is 20.2 Å². The van der Waals surface area contributed by atoms with Gasteiger partial charge in [0.25, 0.3) is 0 Å². The van der Waals surface area contributed by atoms with Crippen LogP contribution in [0.4, 0.5) is 11.8 Å². The zero-order valence-electron chi connectivity index (χ0n) is 12.0. The monoisotopic (exact) mass is 292 g/mol. The van der Waals surface area contributed by atoms with Crippen LogP contribution in [0.1, 0.15) is 11.1 Å². The van der Waals surface area contributed by atoms with Gasteiger partial charge in [-0.25, -0.2) is 9.97 Å². The second kappa shape index (κ2) is 7.12. The minimum Gasteiger partial charge on any atom is -0.365 e. The third kappa shape index (κ3) is 3.99. The highest BCUT2D eigenvalue weighted by atomic mass is 15.2. The summed E-state index contributed by atoms with van der Waals surface area (Å²) in [5, 5.41) is 14.3. The summed E-state index contributed by atoms with van der Waals surface area (Å²) in [5.74, 6) is 1.40. The van der Waals surface area contributed by atoms with Crippen molar-refractivity contribution < 1.29 is 0 Å². The molecule has 0 amide bonds. The number of benzene rings is 1. The molecule has 0 aliphatic heterocycles. The maximum absolute atomic E-state index is 4.14. The van der Waals surface area contributed by atoms with E-state index in [-0.39, 0.29) is 0 Å². The fourth-order valence-corrected chi connectivity index (χ4v) is 2.01. The Morgan fingerprint density at radius 2 is 1.55 bits per heavy atom. The SMILES string of the molecule is c1cnc(NCc2cccc(CNc3cccnn3)c2)nc1. The number of anilines is 2. The Morgan fingerprint density at radius 3 is 2.27 bits per heavy atom. The average molecular weight is 292 g/mol. The minimum atomic E-state index is 0.630. The van der Waals surface area contributed by atoms with Crippen molar-refractivity contribution in [2.24, 2.45) is 0 Å². The highest BCUT2D eigenvalue weighted by molar-refractivity contribution is 5.35. The summed E-state index contributed by atoms with van der Waals surface area (Å²) in [6.45, 7) is 1.39. The molecular weight excluding hydrogens is 276 g/mol. The Kier molecular flexibility index (Phi) is 4.51. The average Bonchev–Trinajstić information content (AvgIpc) is 2.60.